The minimum atomic E-state index is -0.584. The molecule has 1 atom stereocenters. The van der Waals surface area contributed by atoms with Gasteiger partial charge in [-0.25, -0.2) is 4.79 Å². The largest absolute Gasteiger partial charge is 0.493 e. The maximum atomic E-state index is 12.2. The molecule has 2 aromatic carbocycles. The Kier molecular flexibility index (Phi) is 6.89. The number of carbonyl (C=O) groups excluding carboxylic acids is 2. The zero-order chi connectivity index (χ0) is 20.6. The fourth-order valence-electron chi connectivity index (χ4n) is 3.45. The number of nitrogens with one attached hydrogen (secondary N) is 1. The highest BCUT2D eigenvalue weighted by atomic mass is 16.5. The van der Waals surface area contributed by atoms with Gasteiger partial charge in [-0.05, 0) is 54.2 Å². The molecule has 1 amide bonds. The molecule has 0 heterocycles. The Labute approximate surface area is 170 Å². The molecule has 1 aliphatic carbocycles. The average molecular weight is 395 g/mol. The van der Waals surface area contributed by atoms with Crippen LogP contribution in [0.25, 0.3) is 6.08 Å². The molecular weight excluding hydrogens is 370 g/mol. The van der Waals surface area contributed by atoms with Crippen molar-refractivity contribution >= 4 is 18.0 Å². The summed E-state index contributed by atoms with van der Waals surface area (Å²) in [5.41, 5.74) is 3.16. The standard InChI is InChI=1S/C23H25NO5/c1-27-20-12-10-16(14-21(20)28-2)11-13-23(26)29-15-22(25)24-19-9-5-7-17-6-3-4-8-18(17)19/h3-4,6,8,10-14,19H,5,7,9,15H2,1-2H3,(H,24,25)/b13-11+/t19-/m1/s1. The van der Waals surface area contributed by atoms with E-state index in [1.807, 2.05) is 18.2 Å². The van der Waals surface area contributed by atoms with E-state index in [1.54, 1.807) is 38.5 Å². The van der Waals surface area contributed by atoms with Gasteiger partial charge in [-0.1, -0.05) is 30.3 Å². The second-order valence-corrected chi connectivity index (χ2v) is 6.77. The zero-order valence-electron chi connectivity index (χ0n) is 16.6. The number of carbonyl (C=O) groups is 2. The molecule has 0 bridgehead atoms. The van der Waals surface area contributed by atoms with Crippen LogP contribution in [0.3, 0.4) is 0 Å². The highest BCUT2D eigenvalue weighted by Crippen LogP contribution is 2.29. The van der Waals surface area contributed by atoms with Crippen LogP contribution >= 0.6 is 0 Å². The van der Waals surface area contributed by atoms with Gasteiger partial charge in [0.15, 0.2) is 18.1 Å². The van der Waals surface area contributed by atoms with Gasteiger partial charge >= 0.3 is 5.97 Å². The monoisotopic (exact) mass is 395 g/mol. The number of aryl methyl sites for hydroxylation is 1. The van der Waals surface area contributed by atoms with Crippen molar-refractivity contribution in [2.45, 2.75) is 25.3 Å². The number of hydrogen-bond acceptors (Lipinski definition) is 5. The summed E-state index contributed by atoms with van der Waals surface area (Å²) in [5.74, 6) is 0.280. The molecule has 0 saturated heterocycles. The van der Waals surface area contributed by atoms with Gasteiger partial charge in [0.2, 0.25) is 0 Å². The molecule has 0 unspecified atom stereocenters. The lowest BCUT2D eigenvalue weighted by atomic mass is 9.88. The number of hydrogen-bond donors (Lipinski definition) is 1. The van der Waals surface area contributed by atoms with Crippen LogP contribution in [0, 0.1) is 0 Å². The quantitative estimate of drug-likeness (QED) is 0.574. The predicted molar refractivity (Wildman–Crippen MR) is 110 cm³/mol. The topological polar surface area (TPSA) is 73.9 Å². The molecule has 0 aliphatic heterocycles. The molecule has 0 aromatic heterocycles. The van der Waals surface area contributed by atoms with E-state index in [0.717, 1.165) is 30.4 Å². The SMILES string of the molecule is COc1ccc(/C=C/C(=O)OCC(=O)N[C@@H]2CCCc3ccccc32)cc1OC. The van der Waals surface area contributed by atoms with Crippen molar-refractivity contribution in [3.63, 3.8) is 0 Å². The number of rotatable bonds is 7. The van der Waals surface area contributed by atoms with Gasteiger partial charge in [-0.15, -0.1) is 0 Å². The van der Waals surface area contributed by atoms with Gasteiger partial charge in [-0.2, -0.15) is 0 Å². The van der Waals surface area contributed by atoms with E-state index < -0.39 is 5.97 Å². The molecule has 3 rings (SSSR count). The Hall–Kier alpha value is -3.28. The summed E-state index contributed by atoms with van der Waals surface area (Å²) < 4.78 is 15.5. The smallest absolute Gasteiger partial charge is 0.331 e. The van der Waals surface area contributed by atoms with Crippen LogP contribution in [0.1, 0.15) is 35.6 Å². The van der Waals surface area contributed by atoms with Crippen LogP contribution in [-0.4, -0.2) is 32.7 Å². The van der Waals surface area contributed by atoms with E-state index >= 15 is 0 Å². The summed E-state index contributed by atoms with van der Waals surface area (Å²) in [6.45, 7) is -0.312. The summed E-state index contributed by atoms with van der Waals surface area (Å²) >= 11 is 0. The molecule has 0 radical (unpaired) electrons. The summed E-state index contributed by atoms with van der Waals surface area (Å²) in [7, 11) is 3.10. The Morgan fingerprint density at radius 2 is 1.90 bits per heavy atom. The van der Waals surface area contributed by atoms with Gasteiger partial charge in [-0.3, -0.25) is 4.79 Å². The van der Waals surface area contributed by atoms with Gasteiger partial charge in [0.05, 0.1) is 20.3 Å². The summed E-state index contributed by atoms with van der Waals surface area (Å²) in [4.78, 5) is 24.2. The highest BCUT2D eigenvalue weighted by molar-refractivity contribution is 5.89. The maximum Gasteiger partial charge on any atom is 0.331 e. The van der Waals surface area contributed by atoms with E-state index in [9.17, 15) is 9.59 Å². The molecule has 1 aliphatic rings. The third kappa shape index (κ3) is 5.38. The first-order chi connectivity index (χ1) is 14.1. The van der Waals surface area contributed by atoms with Gasteiger partial charge in [0.25, 0.3) is 5.91 Å². The third-order valence-electron chi connectivity index (χ3n) is 4.87. The maximum absolute atomic E-state index is 12.2. The van der Waals surface area contributed by atoms with Crippen molar-refractivity contribution in [2.24, 2.45) is 0 Å². The van der Waals surface area contributed by atoms with Crippen molar-refractivity contribution in [3.8, 4) is 11.5 Å². The lowest BCUT2D eigenvalue weighted by molar-refractivity contribution is -0.144. The first kappa shape index (κ1) is 20.5. The zero-order valence-corrected chi connectivity index (χ0v) is 16.6. The van der Waals surface area contributed by atoms with Crippen molar-refractivity contribution < 1.29 is 23.8 Å². The Morgan fingerprint density at radius 3 is 2.69 bits per heavy atom. The number of ether oxygens (including phenoxy) is 3. The Morgan fingerprint density at radius 1 is 1.10 bits per heavy atom. The minimum absolute atomic E-state index is 0.0338. The second-order valence-electron chi connectivity index (χ2n) is 6.77. The number of benzene rings is 2. The lowest BCUT2D eigenvalue weighted by Gasteiger charge is -2.26. The van der Waals surface area contributed by atoms with E-state index in [0.29, 0.717) is 11.5 Å². The molecule has 6 nitrogen and oxygen atoms in total. The van der Waals surface area contributed by atoms with Crippen molar-refractivity contribution in [3.05, 3.63) is 65.2 Å². The van der Waals surface area contributed by atoms with E-state index in [-0.39, 0.29) is 18.6 Å². The normalized spacial score (nSPS) is 15.4. The first-order valence-corrected chi connectivity index (χ1v) is 9.54. The number of esters is 1. The summed E-state index contributed by atoms with van der Waals surface area (Å²) in [6, 6.07) is 13.4. The van der Waals surface area contributed by atoms with Crippen molar-refractivity contribution in [1.82, 2.24) is 5.32 Å². The third-order valence-corrected chi connectivity index (χ3v) is 4.87. The van der Waals surface area contributed by atoms with Crippen LogP contribution in [-0.2, 0) is 20.7 Å². The van der Waals surface area contributed by atoms with Crippen LogP contribution < -0.4 is 14.8 Å². The molecule has 152 valence electrons. The van der Waals surface area contributed by atoms with Crippen molar-refractivity contribution in [1.29, 1.82) is 0 Å². The molecule has 0 saturated carbocycles. The van der Waals surface area contributed by atoms with Gasteiger partial charge in [0, 0.05) is 6.08 Å². The van der Waals surface area contributed by atoms with E-state index in [2.05, 4.69) is 11.4 Å². The molecule has 0 fully saturated rings. The minimum Gasteiger partial charge on any atom is -0.493 e. The molecule has 29 heavy (non-hydrogen) atoms. The lowest BCUT2D eigenvalue weighted by Crippen LogP contribution is -2.34. The van der Waals surface area contributed by atoms with Gasteiger partial charge < -0.3 is 19.5 Å². The van der Waals surface area contributed by atoms with Crippen LogP contribution in [0.4, 0.5) is 0 Å². The average Bonchev–Trinajstić information content (AvgIpc) is 2.76. The van der Waals surface area contributed by atoms with Crippen LogP contribution in [0.5, 0.6) is 11.5 Å². The summed E-state index contributed by atoms with van der Waals surface area (Å²) in [6.07, 6.45) is 5.81. The van der Waals surface area contributed by atoms with E-state index in [1.165, 1.54) is 11.6 Å². The molecule has 2 aromatic rings. The molecular formula is C23H25NO5. The van der Waals surface area contributed by atoms with Crippen LogP contribution in [0.15, 0.2) is 48.5 Å². The molecule has 1 N–H and O–H groups in total. The Bertz CT molecular complexity index is 906. The fraction of sp³-hybridized carbons (Fsp3) is 0.304. The highest BCUT2D eigenvalue weighted by Gasteiger charge is 2.21. The fourth-order valence-corrected chi connectivity index (χ4v) is 3.45. The molecule has 6 heteroatoms. The number of methoxy groups -OCH3 is 2. The first-order valence-electron chi connectivity index (χ1n) is 9.54. The van der Waals surface area contributed by atoms with Gasteiger partial charge in [0.1, 0.15) is 0 Å². The predicted octanol–water partition coefficient (Wildman–Crippen LogP) is 3.45. The number of fused-ring (bicyclic) bond motifs is 1. The molecule has 0 spiro atoms. The number of amides is 1. The summed E-state index contributed by atoms with van der Waals surface area (Å²) in [5, 5.41) is 2.96. The van der Waals surface area contributed by atoms with Crippen LogP contribution in [0.2, 0.25) is 0 Å². The van der Waals surface area contributed by atoms with E-state index in [4.69, 9.17) is 14.2 Å². The second kappa shape index (κ2) is 9.78. The Balaban J connectivity index is 1.51. The van der Waals surface area contributed by atoms with Crippen molar-refractivity contribution in [2.75, 3.05) is 20.8 Å².